The Labute approximate surface area is 129 Å². The van der Waals surface area contributed by atoms with Crippen LogP contribution in [0.15, 0.2) is 61.2 Å². The van der Waals surface area contributed by atoms with Crippen LogP contribution in [-0.4, -0.2) is 19.7 Å². The molecule has 0 N–H and O–H groups in total. The third kappa shape index (κ3) is 4.12. The molecular weight excluding hydrogens is 280 g/mol. The van der Waals surface area contributed by atoms with Crippen LogP contribution in [0.25, 0.3) is 0 Å². The zero-order chi connectivity index (χ0) is 15.8. The molecule has 0 saturated heterocycles. The first-order valence-electron chi connectivity index (χ1n) is 6.87. The van der Waals surface area contributed by atoms with Crippen LogP contribution in [0.1, 0.15) is 15.9 Å². The van der Waals surface area contributed by atoms with E-state index in [1.807, 2.05) is 30.3 Å². The lowest BCUT2D eigenvalue weighted by Crippen LogP contribution is -2.06. The van der Waals surface area contributed by atoms with E-state index in [2.05, 4.69) is 6.58 Å². The molecule has 0 aliphatic carbocycles. The molecule has 22 heavy (non-hydrogen) atoms. The summed E-state index contributed by atoms with van der Waals surface area (Å²) in [7, 11) is 1.56. The molecule has 0 bridgehead atoms. The van der Waals surface area contributed by atoms with E-state index in [0.717, 1.165) is 5.56 Å². The molecule has 0 heterocycles. The van der Waals surface area contributed by atoms with Crippen LogP contribution in [0.4, 0.5) is 0 Å². The summed E-state index contributed by atoms with van der Waals surface area (Å²) >= 11 is 0. The van der Waals surface area contributed by atoms with Gasteiger partial charge in [-0.25, -0.2) is 4.79 Å². The lowest BCUT2D eigenvalue weighted by molar-refractivity contribution is 0.0549. The highest BCUT2D eigenvalue weighted by Crippen LogP contribution is 2.29. The van der Waals surface area contributed by atoms with Gasteiger partial charge in [-0.1, -0.05) is 43.0 Å². The van der Waals surface area contributed by atoms with Gasteiger partial charge in [0.05, 0.1) is 12.7 Å². The normalized spacial score (nSPS) is 9.86. The van der Waals surface area contributed by atoms with Crippen molar-refractivity contribution < 1.29 is 19.0 Å². The Kier molecular flexibility index (Phi) is 5.60. The minimum absolute atomic E-state index is 0.172. The van der Waals surface area contributed by atoms with Crippen molar-refractivity contribution in [3.8, 4) is 11.5 Å². The zero-order valence-electron chi connectivity index (χ0n) is 12.5. The molecule has 0 atom stereocenters. The van der Waals surface area contributed by atoms with E-state index in [-0.39, 0.29) is 6.61 Å². The zero-order valence-corrected chi connectivity index (χ0v) is 12.5. The summed E-state index contributed by atoms with van der Waals surface area (Å²) in [6.07, 6.45) is 1.52. The fourth-order valence-electron chi connectivity index (χ4n) is 1.87. The average molecular weight is 298 g/mol. The van der Waals surface area contributed by atoms with E-state index in [1.165, 1.54) is 6.08 Å². The van der Waals surface area contributed by atoms with Crippen molar-refractivity contribution in [1.82, 2.24) is 0 Å². The van der Waals surface area contributed by atoms with Crippen molar-refractivity contribution in [2.45, 2.75) is 6.61 Å². The maximum Gasteiger partial charge on any atom is 0.338 e. The molecule has 2 aromatic carbocycles. The number of carbonyl (C=O) groups excluding carboxylic acids is 1. The van der Waals surface area contributed by atoms with Gasteiger partial charge in [-0.3, -0.25) is 0 Å². The van der Waals surface area contributed by atoms with Gasteiger partial charge in [0.15, 0.2) is 11.5 Å². The van der Waals surface area contributed by atoms with Gasteiger partial charge in [0.2, 0.25) is 0 Å². The molecule has 0 fully saturated rings. The lowest BCUT2D eigenvalue weighted by Gasteiger charge is -2.12. The second-order valence-electron chi connectivity index (χ2n) is 4.53. The maximum absolute atomic E-state index is 11.9. The molecule has 2 rings (SSSR count). The second kappa shape index (κ2) is 7.88. The van der Waals surface area contributed by atoms with Gasteiger partial charge >= 0.3 is 5.97 Å². The number of methoxy groups -OCH3 is 1. The fraction of sp³-hybridized carbons (Fsp3) is 0.167. The standard InChI is InChI=1S/C18H18O4/c1-3-11-21-18(19)15-9-10-16(20-2)17(12-15)22-13-14-7-5-4-6-8-14/h3-10,12H,1,11,13H2,2H3. The summed E-state index contributed by atoms with van der Waals surface area (Å²) in [4.78, 5) is 11.9. The van der Waals surface area contributed by atoms with E-state index in [9.17, 15) is 4.79 Å². The number of hydrogen-bond donors (Lipinski definition) is 0. The number of ether oxygens (including phenoxy) is 3. The van der Waals surface area contributed by atoms with Crippen LogP contribution in [0.2, 0.25) is 0 Å². The molecule has 0 saturated carbocycles. The van der Waals surface area contributed by atoms with E-state index in [1.54, 1.807) is 25.3 Å². The van der Waals surface area contributed by atoms with Gasteiger partial charge in [-0.05, 0) is 23.8 Å². The Morgan fingerprint density at radius 3 is 2.59 bits per heavy atom. The molecular formula is C18H18O4. The monoisotopic (exact) mass is 298 g/mol. The van der Waals surface area contributed by atoms with Crippen molar-refractivity contribution in [2.24, 2.45) is 0 Å². The molecule has 4 nitrogen and oxygen atoms in total. The Hall–Kier alpha value is -2.75. The fourth-order valence-corrected chi connectivity index (χ4v) is 1.87. The van der Waals surface area contributed by atoms with E-state index in [0.29, 0.717) is 23.7 Å². The number of hydrogen-bond acceptors (Lipinski definition) is 4. The number of benzene rings is 2. The van der Waals surface area contributed by atoms with Gasteiger partial charge in [0.1, 0.15) is 13.2 Å². The molecule has 0 radical (unpaired) electrons. The summed E-state index contributed by atoms with van der Waals surface area (Å²) in [6.45, 7) is 4.08. The van der Waals surface area contributed by atoms with Crippen LogP contribution >= 0.6 is 0 Å². The van der Waals surface area contributed by atoms with Crippen molar-refractivity contribution in [2.75, 3.05) is 13.7 Å². The minimum atomic E-state index is -0.424. The number of esters is 1. The average Bonchev–Trinajstić information content (AvgIpc) is 2.58. The molecule has 114 valence electrons. The first-order valence-corrected chi connectivity index (χ1v) is 6.87. The predicted molar refractivity (Wildman–Crippen MR) is 84.2 cm³/mol. The molecule has 0 unspecified atom stereocenters. The highest BCUT2D eigenvalue weighted by molar-refractivity contribution is 5.90. The summed E-state index contributed by atoms with van der Waals surface area (Å²) in [6, 6.07) is 14.7. The summed E-state index contributed by atoms with van der Waals surface area (Å²) < 4.78 is 16.0. The Morgan fingerprint density at radius 2 is 1.91 bits per heavy atom. The SMILES string of the molecule is C=CCOC(=O)c1ccc(OC)c(OCc2ccccc2)c1. The Morgan fingerprint density at radius 1 is 1.14 bits per heavy atom. The minimum Gasteiger partial charge on any atom is -0.493 e. The Balaban J connectivity index is 2.13. The van der Waals surface area contributed by atoms with Gasteiger partial charge < -0.3 is 14.2 Å². The van der Waals surface area contributed by atoms with Crippen molar-refractivity contribution in [3.63, 3.8) is 0 Å². The molecule has 0 amide bonds. The van der Waals surface area contributed by atoms with Crippen LogP contribution < -0.4 is 9.47 Å². The van der Waals surface area contributed by atoms with Gasteiger partial charge in [0.25, 0.3) is 0 Å². The van der Waals surface area contributed by atoms with Crippen molar-refractivity contribution in [3.05, 3.63) is 72.3 Å². The largest absolute Gasteiger partial charge is 0.493 e. The quantitative estimate of drug-likeness (QED) is 0.578. The van der Waals surface area contributed by atoms with Gasteiger partial charge in [-0.2, -0.15) is 0 Å². The summed E-state index contributed by atoms with van der Waals surface area (Å²) in [5.41, 5.74) is 1.44. The third-order valence-corrected chi connectivity index (χ3v) is 2.97. The number of carbonyl (C=O) groups is 1. The third-order valence-electron chi connectivity index (χ3n) is 2.97. The number of rotatable bonds is 7. The summed E-state index contributed by atoms with van der Waals surface area (Å²) in [5, 5.41) is 0. The molecule has 4 heteroatoms. The van der Waals surface area contributed by atoms with Crippen LogP contribution in [0.3, 0.4) is 0 Å². The smallest absolute Gasteiger partial charge is 0.338 e. The first kappa shape index (κ1) is 15.6. The molecule has 0 aliphatic rings. The highest BCUT2D eigenvalue weighted by Gasteiger charge is 2.12. The topological polar surface area (TPSA) is 44.8 Å². The first-order chi connectivity index (χ1) is 10.7. The molecule has 2 aromatic rings. The van der Waals surface area contributed by atoms with Crippen molar-refractivity contribution >= 4 is 5.97 Å². The van der Waals surface area contributed by atoms with E-state index < -0.39 is 5.97 Å². The second-order valence-corrected chi connectivity index (χ2v) is 4.53. The predicted octanol–water partition coefficient (Wildman–Crippen LogP) is 3.62. The Bertz CT molecular complexity index is 635. The molecule has 0 spiro atoms. The van der Waals surface area contributed by atoms with Gasteiger partial charge in [0, 0.05) is 0 Å². The van der Waals surface area contributed by atoms with Crippen LogP contribution in [-0.2, 0) is 11.3 Å². The van der Waals surface area contributed by atoms with E-state index in [4.69, 9.17) is 14.2 Å². The molecule has 0 aliphatic heterocycles. The van der Waals surface area contributed by atoms with E-state index >= 15 is 0 Å². The summed E-state index contributed by atoms with van der Waals surface area (Å²) in [5.74, 6) is 0.641. The van der Waals surface area contributed by atoms with Crippen molar-refractivity contribution in [1.29, 1.82) is 0 Å². The maximum atomic E-state index is 11.9. The van der Waals surface area contributed by atoms with Crippen LogP contribution in [0, 0.1) is 0 Å². The van der Waals surface area contributed by atoms with Gasteiger partial charge in [-0.15, -0.1) is 0 Å². The lowest BCUT2D eigenvalue weighted by atomic mass is 10.2. The molecule has 0 aromatic heterocycles. The van der Waals surface area contributed by atoms with Crippen LogP contribution in [0.5, 0.6) is 11.5 Å². The highest BCUT2D eigenvalue weighted by atomic mass is 16.5.